The van der Waals surface area contributed by atoms with Crippen LogP contribution in [-0.4, -0.2) is 10.1 Å². The number of aryl methyl sites for hydroxylation is 1. The molecule has 0 N–H and O–H groups in total. The molecule has 0 aliphatic heterocycles. The highest BCUT2D eigenvalue weighted by Gasteiger charge is 2.31. The number of alkyl halides is 3. The quantitative estimate of drug-likeness (QED) is 0.791. The summed E-state index contributed by atoms with van der Waals surface area (Å²) in [6.45, 7) is 1.78. The van der Waals surface area contributed by atoms with E-state index >= 15 is 0 Å². The normalized spacial score (nSPS) is 11.8. The van der Waals surface area contributed by atoms with Gasteiger partial charge in [-0.05, 0) is 13.0 Å². The minimum absolute atomic E-state index is 0.0314. The summed E-state index contributed by atoms with van der Waals surface area (Å²) in [6.07, 6.45) is -3.68. The van der Waals surface area contributed by atoms with Crippen LogP contribution in [0.25, 0.3) is 0 Å². The van der Waals surface area contributed by atoms with Gasteiger partial charge in [0.1, 0.15) is 10.8 Å². The van der Waals surface area contributed by atoms with E-state index in [0.717, 1.165) is 18.0 Å². The second kappa shape index (κ2) is 5.42. The summed E-state index contributed by atoms with van der Waals surface area (Å²) in [6, 6.07) is 2.60. The Hall–Kier alpha value is -1.21. The molecule has 0 atom stereocenters. The highest BCUT2D eigenvalue weighted by atomic mass is 35.5. The smallest absolute Gasteiger partial charge is 0.360 e. The predicted octanol–water partition coefficient (Wildman–Crippen LogP) is 4.34. The van der Waals surface area contributed by atoms with Crippen LogP contribution < -0.4 is 0 Å². The zero-order chi connectivity index (χ0) is 14.0. The van der Waals surface area contributed by atoms with Crippen molar-refractivity contribution in [3.05, 3.63) is 40.4 Å². The van der Waals surface area contributed by atoms with Gasteiger partial charge in [0.25, 0.3) is 0 Å². The van der Waals surface area contributed by atoms with E-state index in [9.17, 15) is 13.2 Å². The summed E-state index contributed by atoms with van der Waals surface area (Å²) in [5.74, 6) is 1.01. The lowest BCUT2D eigenvalue weighted by Crippen LogP contribution is -2.05. The Kier molecular flexibility index (Phi) is 4.05. The van der Waals surface area contributed by atoms with Crippen LogP contribution in [0.5, 0.6) is 0 Å². The van der Waals surface area contributed by atoms with Crippen molar-refractivity contribution in [1.82, 2.24) is 10.1 Å². The van der Waals surface area contributed by atoms with Gasteiger partial charge in [-0.1, -0.05) is 28.5 Å². The third-order valence-corrected chi connectivity index (χ3v) is 3.59. The molecule has 102 valence electrons. The van der Waals surface area contributed by atoms with E-state index in [0.29, 0.717) is 16.5 Å². The molecule has 0 bridgehead atoms. The van der Waals surface area contributed by atoms with Crippen LogP contribution >= 0.6 is 23.4 Å². The highest BCUT2D eigenvalue weighted by Crippen LogP contribution is 2.34. The Bertz CT molecular complexity index is 586. The number of nitrogens with zero attached hydrogens (tertiary/aromatic N) is 2. The fourth-order valence-electron chi connectivity index (χ4n) is 1.31. The van der Waals surface area contributed by atoms with Gasteiger partial charge in [0.15, 0.2) is 0 Å². The van der Waals surface area contributed by atoms with Crippen LogP contribution in [0.4, 0.5) is 13.2 Å². The molecule has 0 spiro atoms. The van der Waals surface area contributed by atoms with Gasteiger partial charge < -0.3 is 4.52 Å². The van der Waals surface area contributed by atoms with Gasteiger partial charge in [-0.15, -0.1) is 0 Å². The van der Waals surface area contributed by atoms with E-state index in [-0.39, 0.29) is 5.02 Å². The molecule has 2 rings (SSSR count). The van der Waals surface area contributed by atoms with Crippen molar-refractivity contribution in [3.63, 3.8) is 0 Å². The molecular formula is C11H8ClF3N2OS. The summed E-state index contributed by atoms with van der Waals surface area (Å²) in [5.41, 5.74) is -0.126. The molecule has 0 unspecified atom stereocenters. The molecule has 0 saturated heterocycles. The summed E-state index contributed by atoms with van der Waals surface area (Å²) in [7, 11) is 0. The van der Waals surface area contributed by atoms with Crippen LogP contribution in [0, 0.1) is 6.92 Å². The molecule has 3 nitrogen and oxygen atoms in total. The molecular weight excluding hydrogens is 301 g/mol. The van der Waals surface area contributed by atoms with Crippen molar-refractivity contribution in [3.8, 4) is 0 Å². The Morgan fingerprint density at radius 2 is 2.11 bits per heavy atom. The lowest BCUT2D eigenvalue weighted by atomic mass is 10.3. The van der Waals surface area contributed by atoms with Crippen molar-refractivity contribution < 1.29 is 17.7 Å². The largest absolute Gasteiger partial charge is 0.417 e. The number of rotatable bonds is 3. The first kappa shape index (κ1) is 14.2. The number of pyridine rings is 1. The van der Waals surface area contributed by atoms with E-state index in [1.807, 2.05) is 0 Å². The first-order valence-corrected chi connectivity index (χ1v) is 6.50. The summed E-state index contributed by atoms with van der Waals surface area (Å²) in [4.78, 5) is 3.72. The molecule has 0 aliphatic rings. The van der Waals surface area contributed by atoms with Crippen LogP contribution in [0.3, 0.4) is 0 Å². The molecule has 2 heterocycles. The Morgan fingerprint density at radius 3 is 2.63 bits per heavy atom. The molecule has 2 aromatic heterocycles. The topological polar surface area (TPSA) is 38.9 Å². The van der Waals surface area contributed by atoms with Crippen LogP contribution in [0.1, 0.15) is 17.0 Å². The first-order valence-electron chi connectivity index (χ1n) is 5.14. The molecule has 19 heavy (non-hydrogen) atoms. The minimum atomic E-state index is -4.44. The zero-order valence-corrected chi connectivity index (χ0v) is 11.2. The van der Waals surface area contributed by atoms with Gasteiger partial charge >= 0.3 is 6.18 Å². The molecule has 0 saturated carbocycles. The van der Waals surface area contributed by atoms with Crippen molar-refractivity contribution in [1.29, 1.82) is 0 Å². The third kappa shape index (κ3) is 3.63. The second-order valence-electron chi connectivity index (χ2n) is 3.73. The fourth-order valence-corrected chi connectivity index (χ4v) is 2.38. The van der Waals surface area contributed by atoms with Crippen LogP contribution in [0.15, 0.2) is 27.9 Å². The van der Waals surface area contributed by atoms with E-state index in [1.54, 1.807) is 13.0 Å². The summed E-state index contributed by atoms with van der Waals surface area (Å²) in [5, 5.41) is 4.00. The van der Waals surface area contributed by atoms with Crippen molar-refractivity contribution in [2.45, 2.75) is 23.9 Å². The number of halogens is 4. The van der Waals surface area contributed by atoms with Gasteiger partial charge in [0, 0.05) is 12.3 Å². The van der Waals surface area contributed by atoms with E-state index < -0.39 is 11.7 Å². The standard InChI is InChI=1S/C11H8ClF3N2OS/c1-6-2-8(18-17-6)5-19-10-9(12)3-7(4-16-10)11(13,14)15/h2-4H,5H2,1H3. The van der Waals surface area contributed by atoms with Gasteiger partial charge in [0.05, 0.1) is 22.0 Å². The summed E-state index contributed by atoms with van der Waals surface area (Å²) >= 11 is 6.97. The number of thioether (sulfide) groups is 1. The molecule has 0 aromatic carbocycles. The monoisotopic (exact) mass is 308 g/mol. The van der Waals surface area contributed by atoms with Crippen LogP contribution in [0.2, 0.25) is 5.02 Å². The van der Waals surface area contributed by atoms with Gasteiger partial charge in [-0.3, -0.25) is 0 Å². The molecule has 0 aliphatic carbocycles. The maximum Gasteiger partial charge on any atom is 0.417 e. The first-order chi connectivity index (χ1) is 8.86. The van der Waals surface area contributed by atoms with Gasteiger partial charge in [-0.25, -0.2) is 4.98 Å². The number of hydrogen-bond acceptors (Lipinski definition) is 4. The predicted molar refractivity (Wildman–Crippen MR) is 65.1 cm³/mol. The van der Waals surface area contributed by atoms with Crippen molar-refractivity contribution in [2.75, 3.05) is 0 Å². The SMILES string of the molecule is Cc1cc(CSc2ncc(C(F)(F)F)cc2Cl)on1. The maximum absolute atomic E-state index is 12.4. The Labute approximate surface area is 116 Å². The zero-order valence-electron chi connectivity index (χ0n) is 9.66. The Balaban J connectivity index is 2.09. The van der Waals surface area contributed by atoms with E-state index in [2.05, 4.69) is 10.1 Å². The summed E-state index contributed by atoms with van der Waals surface area (Å²) < 4.78 is 42.3. The Morgan fingerprint density at radius 1 is 1.37 bits per heavy atom. The van der Waals surface area contributed by atoms with Gasteiger partial charge in [0.2, 0.25) is 0 Å². The van der Waals surface area contributed by atoms with Crippen molar-refractivity contribution in [2.24, 2.45) is 0 Å². The lowest BCUT2D eigenvalue weighted by molar-refractivity contribution is -0.137. The minimum Gasteiger partial charge on any atom is -0.360 e. The second-order valence-corrected chi connectivity index (χ2v) is 5.10. The maximum atomic E-state index is 12.4. The fraction of sp³-hybridized carbons (Fsp3) is 0.273. The molecule has 0 amide bonds. The van der Waals surface area contributed by atoms with Gasteiger partial charge in [-0.2, -0.15) is 13.2 Å². The highest BCUT2D eigenvalue weighted by molar-refractivity contribution is 7.98. The van der Waals surface area contributed by atoms with E-state index in [4.69, 9.17) is 16.1 Å². The lowest BCUT2D eigenvalue weighted by Gasteiger charge is -2.08. The average Bonchev–Trinajstić information content (AvgIpc) is 2.72. The van der Waals surface area contributed by atoms with Crippen molar-refractivity contribution >= 4 is 23.4 Å². The molecule has 0 radical (unpaired) electrons. The molecule has 8 heteroatoms. The molecule has 2 aromatic rings. The average molecular weight is 309 g/mol. The number of aromatic nitrogens is 2. The number of hydrogen-bond donors (Lipinski definition) is 0. The molecule has 0 fully saturated rings. The third-order valence-electron chi connectivity index (χ3n) is 2.16. The van der Waals surface area contributed by atoms with Crippen LogP contribution in [-0.2, 0) is 11.9 Å². The van der Waals surface area contributed by atoms with E-state index in [1.165, 1.54) is 11.8 Å².